The molecule has 2 fully saturated rings. The normalized spacial score (nSPS) is 48.1. The molecule has 0 spiro atoms. The van der Waals surface area contributed by atoms with Gasteiger partial charge in [-0.05, 0) is 55.1 Å². The molecule has 0 radical (unpaired) electrons. The van der Waals surface area contributed by atoms with Crippen LogP contribution in [-0.2, 0) is 14.3 Å². The van der Waals surface area contributed by atoms with E-state index in [0.29, 0.717) is 30.8 Å². The Balaban J connectivity index is 1.77. The van der Waals surface area contributed by atoms with Crippen LogP contribution in [-0.4, -0.2) is 18.4 Å². The summed E-state index contributed by atoms with van der Waals surface area (Å²) in [6.07, 6.45) is 9.82. The molecule has 4 rings (SSSR count). The maximum absolute atomic E-state index is 12.1. The summed E-state index contributed by atoms with van der Waals surface area (Å²) in [5, 5.41) is 0. The van der Waals surface area contributed by atoms with Gasteiger partial charge in [0, 0.05) is 12.3 Å². The first kappa shape index (κ1) is 13.3. The van der Waals surface area contributed by atoms with Crippen LogP contribution in [0.3, 0.4) is 0 Å². The molecule has 112 valence electrons. The highest BCUT2D eigenvalue weighted by molar-refractivity contribution is 5.92. The molecule has 21 heavy (non-hydrogen) atoms. The van der Waals surface area contributed by atoms with Crippen molar-refractivity contribution in [2.45, 2.75) is 39.5 Å². The van der Waals surface area contributed by atoms with Gasteiger partial charge in [-0.3, -0.25) is 9.59 Å². The van der Waals surface area contributed by atoms with Gasteiger partial charge in [0.1, 0.15) is 0 Å². The van der Waals surface area contributed by atoms with E-state index < -0.39 is 0 Å². The van der Waals surface area contributed by atoms with E-state index in [2.05, 4.69) is 26.0 Å². The zero-order chi connectivity index (χ0) is 14.8. The van der Waals surface area contributed by atoms with E-state index >= 15 is 0 Å². The summed E-state index contributed by atoms with van der Waals surface area (Å²) >= 11 is 0. The fraction of sp³-hybridized carbons (Fsp3) is 0.667. The van der Waals surface area contributed by atoms with E-state index in [-0.39, 0.29) is 22.6 Å². The molecule has 0 bridgehead atoms. The number of hydrogen-bond donors (Lipinski definition) is 0. The summed E-state index contributed by atoms with van der Waals surface area (Å²) < 4.78 is 5.40. The molecule has 3 nitrogen and oxygen atoms in total. The predicted octanol–water partition coefficient (Wildman–Crippen LogP) is 3.06. The third-order valence-corrected chi connectivity index (χ3v) is 6.77. The molecule has 0 aromatic heterocycles. The lowest BCUT2D eigenvalue weighted by atomic mass is 9.49. The summed E-state index contributed by atoms with van der Waals surface area (Å²) in [6, 6.07) is 0. The van der Waals surface area contributed by atoms with Gasteiger partial charge >= 0.3 is 5.97 Å². The minimum atomic E-state index is -0.298. The number of ether oxygens (including phenoxy) is 1. The van der Waals surface area contributed by atoms with Crippen molar-refractivity contribution in [3.63, 3.8) is 0 Å². The van der Waals surface area contributed by atoms with Gasteiger partial charge in [0.2, 0.25) is 0 Å². The maximum atomic E-state index is 12.1. The molecule has 4 aliphatic rings. The number of hydrogen-bond acceptors (Lipinski definition) is 3. The summed E-state index contributed by atoms with van der Waals surface area (Å²) in [5.74, 6) is 1.49. The average molecular weight is 286 g/mol. The number of esters is 1. The average Bonchev–Trinajstić information content (AvgIpc) is 2.76. The Morgan fingerprint density at radius 3 is 2.76 bits per heavy atom. The SMILES string of the molecule is C[C@]12CCC(=O)C=C1C=C[C@@H]1[C@@H]2CC[C@]2(C)C(=O)OC[C@@H]12. The molecule has 0 N–H and O–H groups in total. The summed E-state index contributed by atoms with van der Waals surface area (Å²) in [7, 11) is 0. The third kappa shape index (κ3) is 1.60. The van der Waals surface area contributed by atoms with Crippen molar-refractivity contribution < 1.29 is 14.3 Å². The van der Waals surface area contributed by atoms with Crippen molar-refractivity contribution in [1.82, 2.24) is 0 Å². The molecule has 1 aliphatic heterocycles. The maximum Gasteiger partial charge on any atom is 0.312 e. The number of allylic oxidation sites excluding steroid dienone is 4. The van der Waals surface area contributed by atoms with Crippen LogP contribution in [0.2, 0.25) is 0 Å². The fourth-order valence-corrected chi connectivity index (χ4v) is 5.22. The Hall–Kier alpha value is -1.38. The van der Waals surface area contributed by atoms with Crippen LogP contribution >= 0.6 is 0 Å². The molecular weight excluding hydrogens is 264 g/mol. The first-order valence-corrected chi connectivity index (χ1v) is 8.05. The third-order valence-electron chi connectivity index (χ3n) is 6.77. The zero-order valence-electron chi connectivity index (χ0n) is 12.7. The Labute approximate surface area is 125 Å². The molecule has 1 saturated carbocycles. The topological polar surface area (TPSA) is 43.4 Å². The molecular formula is C18H22O3. The van der Waals surface area contributed by atoms with E-state index in [1.807, 2.05) is 6.08 Å². The van der Waals surface area contributed by atoms with Crippen LogP contribution in [0, 0.1) is 28.6 Å². The van der Waals surface area contributed by atoms with Gasteiger partial charge in [0.05, 0.1) is 12.0 Å². The first-order chi connectivity index (χ1) is 9.95. The van der Waals surface area contributed by atoms with Gasteiger partial charge in [-0.15, -0.1) is 0 Å². The summed E-state index contributed by atoms with van der Waals surface area (Å²) in [4.78, 5) is 23.8. The van der Waals surface area contributed by atoms with Gasteiger partial charge < -0.3 is 4.74 Å². The van der Waals surface area contributed by atoms with E-state index in [9.17, 15) is 9.59 Å². The number of carbonyl (C=O) groups is 2. The Bertz CT molecular complexity index is 587. The van der Waals surface area contributed by atoms with Crippen LogP contribution in [0.4, 0.5) is 0 Å². The molecule has 1 saturated heterocycles. The second-order valence-corrected chi connectivity index (χ2v) is 7.69. The number of carbonyl (C=O) groups excluding carboxylic acids is 2. The lowest BCUT2D eigenvalue weighted by Crippen LogP contribution is -2.49. The number of rotatable bonds is 0. The highest BCUT2D eigenvalue weighted by atomic mass is 16.5. The van der Waals surface area contributed by atoms with Crippen LogP contribution < -0.4 is 0 Å². The van der Waals surface area contributed by atoms with E-state index in [1.54, 1.807) is 0 Å². The molecule has 0 amide bonds. The standard InChI is InChI=1S/C18H22O3/c1-17-7-5-12(19)9-11(17)3-4-13-14(17)6-8-18(2)15(13)10-21-16(18)20/h3-4,9,13-15H,5-8,10H2,1-2H3/t13-,14+,15+,17+,18+/m1/s1. The van der Waals surface area contributed by atoms with E-state index in [4.69, 9.17) is 4.74 Å². The molecule has 3 heteroatoms. The van der Waals surface area contributed by atoms with Crippen LogP contribution in [0.25, 0.3) is 0 Å². The molecule has 0 aromatic carbocycles. The van der Waals surface area contributed by atoms with Gasteiger partial charge in [0.15, 0.2) is 5.78 Å². The van der Waals surface area contributed by atoms with Crippen molar-refractivity contribution in [2.75, 3.05) is 6.61 Å². The van der Waals surface area contributed by atoms with Crippen molar-refractivity contribution in [1.29, 1.82) is 0 Å². The summed E-state index contributed by atoms with van der Waals surface area (Å²) in [6.45, 7) is 4.96. The minimum Gasteiger partial charge on any atom is -0.465 e. The number of ketones is 1. The minimum absolute atomic E-state index is 0.00957. The Kier molecular flexibility index (Phi) is 2.59. The number of cyclic esters (lactones) is 1. The molecule has 1 heterocycles. The van der Waals surface area contributed by atoms with Crippen LogP contribution in [0.15, 0.2) is 23.8 Å². The van der Waals surface area contributed by atoms with Crippen LogP contribution in [0.1, 0.15) is 39.5 Å². The molecule has 3 aliphatic carbocycles. The van der Waals surface area contributed by atoms with Gasteiger partial charge in [-0.1, -0.05) is 19.1 Å². The monoisotopic (exact) mass is 286 g/mol. The second-order valence-electron chi connectivity index (χ2n) is 7.69. The Morgan fingerprint density at radius 1 is 1.14 bits per heavy atom. The van der Waals surface area contributed by atoms with Gasteiger partial charge in [-0.25, -0.2) is 0 Å². The highest BCUT2D eigenvalue weighted by Gasteiger charge is 2.59. The van der Waals surface area contributed by atoms with Crippen LogP contribution in [0.5, 0.6) is 0 Å². The smallest absolute Gasteiger partial charge is 0.312 e. The first-order valence-electron chi connectivity index (χ1n) is 8.05. The van der Waals surface area contributed by atoms with Crippen molar-refractivity contribution in [3.8, 4) is 0 Å². The van der Waals surface area contributed by atoms with Crippen molar-refractivity contribution in [3.05, 3.63) is 23.8 Å². The quantitative estimate of drug-likeness (QED) is 0.643. The molecule has 5 atom stereocenters. The zero-order valence-corrected chi connectivity index (χ0v) is 12.7. The van der Waals surface area contributed by atoms with Crippen molar-refractivity contribution >= 4 is 11.8 Å². The highest BCUT2D eigenvalue weighted by Crippen LogP contribution is 2.60. The molecule has 0 unspecified atom stereocenters. The lowest BCUT2D eigenvalue weighted by Gasteiger charge is -2.53. The molecule has 0 aromatic rings. The largest absolute Gasteiger partial charge is 0.465 e. The lowest BCUT2D eigenvalue weighted by molar-refractivity contribution is -0.147. The van der Waals surface area contributed by atoms with Gasteiger partial charge in [0.25, 0.3) is 0 Å². The second kappa shape index (κ2) is 4.08. The Morgan fingerprint density at radius 2 is 1.95 bits per heavy atom. The predicted molar refractivity (Wildman–Crippen MR) is 78.3 cm³/mol. The van der Waals surface area contributed by atoms with Crippen molar-refractivity contribution in [2.24, 2.45) is 28.6 Å². The fourth-order valence-electron chi connectivity index (χ4n) is 5.22. The van der Waals surface area contributed by atoms with E-state index in [0.717, 1.165) is 19.3 Å². The number of fused-ring (bicyclic) bond motifs is 5. The van der Waals surface area contributed by atoms with Gasteiger partial charge in [-0.2, -0.15) is 0 Å². The van der Waals surface area contributed by atoms with E-state index in [1.165, 1.54) is 5.57 Å². The summed E-state index contributed by atoms with van der Waals surface area (Å²) in [5.41, 5.74) is 1.00.